The molecule has 2 N–H and O–H groups in total. The molecule has 36 heavy (non-hydrogen) atoms. The first-order chi connectivity index (χ1) is 17.5. The van der Waals surface area contributed by atoms with Gasteiger partial charge < -0.3 is 43.6 Å². The van der Waals surface area contributed by atoms with Crippen molar-refractivity contribution in [2.75, 3.05) is 106 Å². The molecule has 0 aliphatic carbocycles. The maximum Gasteiger partial charge on any atom is 0.329 e. The monoisotopic (exact) mass is 520 g/mol. The Balaban J connectivity index is 1.70. The SMILES string of the molecule is O=C(O)COCC(=O)NCCOCCOCCOCCOCCOCCOCCN1C(=O)C=CC1=O. The number of nitrogens with one attached hydrogen (secondary N) is 1. The molecule has 1 heterocycles. The lowest BCUT2D eigenvalue weighted by Gasteiger charge is -2.13. The molecule has 0 fully saturated rings. The molecule has 1 rings (SSSR count). The summed E-state index contributed by atoms with van der Waals surface area (Å²) in [5, 5.41) is 10.9. The molecule has 0 unspecified atom stereocenters. The second-order valence-corrected chi connectivity index (χ2v) is 7.07. The fourth-order valence-electron chi connectivity index (χ4n) is 2.55. The molecule has 3 amide bonds. The van der Waals surface area contributed by atoms with Crippen LogP contribution >= 0.6 is 0 Å². The molecule has 0 spiro atoms. The van der Waals surface area contributed by atoms with Crippen molar-refractivity contribution in [3.8, 4) is 0 Å². The number of carboxylic acid groups (broad SMARTS) is 1. The van der Waals surface area contributed by atoms with E-state index in [2.05, 4.69) is 10.1 Å². The quantitative estimate of drug-likeness (QED) is 0.103. The average Bonchev–Trinajstić information content (AvgIpc) is 3.16. The molecular weight excluding hydrogens is 484 g/mol. The number of carbonyl (C=O) groups excluding carboxylic acids is 3. The van der Waals surface area contributed by atoms with Crippen LogP contribution in [0.4, 0.5) is 0 Å². The Bertz CT molecular complexity index is 655. The zero-order valence-corrected chi connectivity index (χ0v) is 20.4. The van der Waals surface area contributed by atoms with Crippen LogP contribution in [-0.4, -0.2) is 139 Å². The zero-order valence-electron chi connectivity index (χ0n) is 20.4. The van der Waals surface area contributed by atoms with Gasteiger partial charge in [0.15, 0.2) is 0 Å². The van der Waals surface area contributed by atoms with Gasteiger partial charge in [0.05, 0.1) is 85.8 Å². The summed E-state index contributed by atoms with van der Waals surface area (Å²) in [6, 6.07) is 0. The van der Waals surface area contributed by atoms with Gasteiger partial charge in [-0.1, -0.05) is 0 Å². The Labute approximate surface area is 209 Å². The predicted octanol–water partition coefficient (Wildman–Crippen LogP) is -1.77. The van der Waals surface area contributed by atoms with Gasteiger partial charge in [-0.25, -0.2) is 4.79 Å². The fourth-order valence-corrected chi connectivity index (χ4v) is 2.55. The lowest BCUT2D eigenvalue weighted by atomic mass is 10.5. The second-order valence-electron chi connectivity index (χ2n) is 7.07. The van der Waals surface area contributed by atoms with Crippen LogP contribution in [0.5, 0.6) is 0 Å². The summed E-state index contributed by atoms with van der Waals surface area (Å²) in [5.74, 6) is -2.17. The van der Waals surface area contributed by atoms with E-state index in [0.717, 1.165) is 4.90 Å². The van der Waals surface area contributed by atoms with Crippen LogP contribution in [0.3, 0.4) is 0 Å². The van der Waals surface area contributed by atoms with E-state index in [1.165, 1.54) is 12.2 Å². The summed E-state index contributed by atoms with van der Waals surface area (Å²) in [6.45, 7) is 4.33. The number of hydrogen-bond acceptors (Lipinski definition) is 11. The highest BCUT2D eigenvalue weighted by atomic mass is 16.6. The van der Waals surface area contributed by atoms with Crippen LogP contribution in [-0.2, 0) is 52.3 Å². The minimum absolute atomic E-state index is 0.226. The van der Waals surface area contributed by atoms with Gasteiger partial charge in [-0.2, -0.15) is 0 Å². The largest absolute Gasteiger partial charge is 0.480 e. The van der Waals surface area contributed by atoms with Gasteiger partial charge in [0.2, 0.25) is 5.91 Å². The third-order valence-corrected chi connectivity index (χ3v) is 4.25. The van der Waals surface area contributed by atoms with E-state index in [1.54, 1.807) is 0 Å². The first-order valence-electron chi connectivity index (χ1n) is 11.6. The van der Waals surface area contributed by atoms with Crippen molar-refractivity contribution in [1.29, 1.82) is 0 Å². The first kappa shape index (κ1) is 31.6. The standard InChI is InChI=1S/C22H36N2O12/c25-19(17-36-18-22(28)29)23-3-5-30-7-9-32-11-13-34-15-16-35-14-12-33-10-8-31-6-4-24-20(26)1-2-21(24)27/h1-2H,3-18H2,(H,23,25)(H,28,29). The smallest absolute Gasteiger partial charge is 0.329 e. The Morgan fingerprint density at radius 3 is 1.50 bits per heavy atom. The molecule has 0 aromatic heterocycles. The number of amides is 3. The average molecular weight is 521 g/mol. The van der Waals surface area contributed by atoms with Crippen molar-refractivity contribution in [2.24, 2.45) is 0 Å². The summed E-state index contributed by atoms with van der Waals surface area (Å²) in [7, 11) is 0. The molecule has 0 aromatic carbocycles. The van der Waals surface area contributed by atoms with Crippen molar-refractivity contribution in [3.05, 3.63) is 12.2 Å². The number of imide groups is 1. The van der Waals surface area contributed by atoms with Gasteiger partial charge in [0.1, 0.15) is 13.2 Å². The van der Waals surface area contributed by atoms with E-state index >= 15 is 0 Å². The van der Waals surface area contributed by atoms with E-state index in [0.29, 0.717) is 79.2 Å². The number of rotatable bonds is 25. The van der Waals surface area contributed by atoms with Crippen LogP contribution in [0.25, 0.3) is 0 Å². The summed E-state index contributed by atoms with van der Waals surface area (Å²) < 4.78 is 36.7. The van der Waals surface area contributed by atoms with E-state index in [9.17, 15) is 19.2 Å². The summed E-state index contributed by atoms with van der Waals surface area (Å²) in [5.41, 5.74) is 0. The molecule has 1 aliphatic rings. The summed E-state index contributed by atoms with van der Waals surface area (Å²) >= 11 is 0. The molecule has 0 atom stereocenters. The second kappa shape index (κ2) is 21.8. The Morgan fingerprint density at radius 1 is 0.639 bits per heavy atom. The molecular formula is C22H36N2O12. The molecule has 0 saturated heterocycles. The van der Waals surface area contributed by atoms with E-state index < -0.39 is 18.5 Å². The number of aliphatic carboxylic acids is 1. The third kappa shape index (κ3) is 17.9. The fraction of sp³-hybridized carbons (Fsp3) is 0.727. The number of hydrogen-bond donors (Lipinski definition) is 2. The van der Waals surface area contributed by atoms with Crippen LogP contribution in [0.2, 0.25) is 0 Å². The van der Waals surface area contributed by atoms with Crippen LogP contribution in [0.1, 0.15) is 0 Å². The van der Waals surface area contributed by atoms with Crippen molar-refractivity contribution >= 4 is 23.7 Å². The minimum atomic E-state index is -1.13. The number of carbonyl (C=O) groups is 4. The molecule has 206 valence electrons. The predicted molar refractivity (Wildman–Crippen MR) is 122 cm³/mol. The molecule has 0 radical (unpaired) electrons. The van der Waals surface area contributed by atoms with Crippen molar-refractivity contribution in [3.63, 3.8) is 0 Å². The maximum atomic E-state index is 11.3. The zero-order chi connectivity index (χ0) is 26.3. The van der Waals surface area contributed by atoms with Crippen molar-refractivity contribution in [2.45, 2.75) is 0 Å². The van der Waals surface area contributed by atoms with Crippen LogP contribution in [0, 0.1) is 0 Å². The third-order valence-electron chi connectivity index (χ3n) is 4.25. The van der Waals surface area contributed by atoms with Gasteiger partial charge in [-0.05, 0) is 0 Å². The van der Waals surface area contributed by atoms with E-state index in [1.807, 2.05) is 0 Å². The molecule has 14 nitrogen and oxygen atoms in total. The Morgan fingerprint density at radius 2 is 1.06 bits per heavy atom. The van der Waals surface area contributed by atoms with Gasteiger partial charge in [0, 0.05) is 18.7 Å². The molecule has 14 heteroatoms. The van der Waals surface area contributed by atoms with E-state index in [4.69, 9.17) is 33.5 Å². The Hall–Kier alpha value is -2.46. The summed E-state index contributed by atoms with van der Waals surface area (Å²) in [6.07, 6.45) is 2.48. The highest BCUT2D eigenvalue weighted by Gasteiger charge is 2.22. The minimum Gasteiger partial charge on any atom is -0.480 e. The lowest BCUT2D eigenvalue weighted by molar-refractivity contribution is -0.144. The number of nitrogens with zero attached hydrogens (tertiary/aromatic N) is 1. The molecule has 0 bridgehead atoms. The normalized spacial score (nSPS) is 13.1. The molecule has 0 aromatic rings. The van der Waals surface area contributed by atoms with Crippen molar-refractivity contribution in [1.82, 2.24) is 10.2 Å². The first-order valence-corrected chi connectivity index (χ1v) is 11.6. The maximum absolute atomic E-state index is 11.3. The topological polar surface area (TPSA) is 168 Å². The number of ether oxygens (including phenoxy) is 7. The van der Waals surface area contributed by atoms with Gasteiger partial charge in [-0.15, -0.1) is 0 Å². The van der Waals surface area contributed by atoms with Crippen LogP contribution < -0.4 is 5.32 Å². The molecule has 1 aliphatic heterocycles. The molecule has 0 saturated carbocycles. The Kier molecular flexibility index (Phi) is 19.1. The van der Waals surface area contributed by atoms with Gasteiger partial charge in [0.25, 0.3) is 11.8 Å². The highest BCUT2D eigenvalue weighted by Crippen LogP contribution is 2.02. The highest BCUT2D eigenvalue weighted by molar-refractivity contribution is 6.12. The van der Waals surface area contributed by atoms with Crippen molar-refractivity contribution < 1.29 is 57.4 Å². The lowest BCUT2D eigenvalue weighted by Crippen LogP contribution is -2.33. The van der Waals surface area contributed by atoms with Gasteiger partial charge >= 0.3 is 5.97 Å². The summed E-state index contributed by atoms with van der Waals surface area (Å²) in [4.78, 5) is 45.4. The van der Waals surface area contributed by atoms with E-state index in [-0.39, 0.29) is 31.6 Å². The van der Waals surface area contributed by atoms with Crippen LogP contribution in [0.15, 0.2) is 12.2 Å². The van der Waals surface area contributed by atoms with Gasteiger partial charge in [-0.3, -0.25) is 19.3 Å². The number of carboxylic acids is 1.